The van der Waals surface area contributed by atoms with Crippen LogP contribution < -0.4 is 10.6 Å². The average molecular weight is 395 g/mol. The molecule has 140 valence electrons. The van der Waals surface area contributed by atoms with Gasteiger partial charge in [0.15, 0.2) is 5.84 Å². The number of benzene rings is 3. The van der Waals surface area contributed by atoms with Crippen molar-refractivity contribution in [2.24, 2.45) is 4.99 Å². The molecule has 0 unspecified atom stereocenters. The number of anilines is 1. The number of carbonyl (C=O) groups excluding carboxylic acids is 1. The predicted octanol–water partition coefficient (Wildman–Crippen LogP) is 5.83. The van der Waals surface area contributed by atoms with Crippen LogP contribution in [0, 0.1) is 0 Å². The maximum absolute atomic E-state index is 12.8. The Morgan fingerprint density at radius 2 is 1.76 bits per heavy atom. The van der Waals surface area contributed by atoms with E-state index in [0.29, 0.717) is 17.1 Å². The lowest BCUT2D eigenvalue weighted by molar-refractivity contribution is 0.0968. The molecule has 2 heterocycles. The Morgan fingerprint density at radius 1 is 0.931 bits per heavy atom. The molecule has 4 nitrogen and oxygen atoms in total. The lowest BCUT2D eigenvalue weighted by Crippen LogP contribution is -2.31. The summed E-state index contributed by atoms with van der Waals surface area (Å²) in [6, 6.07) is 25.4. The summed E-state index contributed by atoms with van der Waals surface area (Å²) in [5.74, 6) is 0.448. The Labute approximate surface area is 172 Å². The highest BCUT2D eigenvalue weighted by Crippen LogP contribution is 2.36. The molecular formula is C24H17N3OS. The largest absolute Gasteiger partial charge is 0.338 e. The molecule has 1 aliphatic rings. The topological polar surface area (TPSA) is 53.5 Å². The second-order valence-electron chi connectivity index (χ2n) is 6.66. The zero-order valence-corrected chi connectivity index (χ0v) is 16.2. The number of carbonyl (C=O) groups is 1. The zero-order valence-electron chi connectivity index (χ0n) is 15.4. The number of hydrogen-bond acceptors (Lipinski definition) is 4. The number of amides is 1. The Bertz CT molecular complexity index is 1250. The van der Waals surface area contributed by atoms with Crippen molar-refractivity contribution in [3.05, 3.63) is 100 Å². The first kappa shape index (κ1) is 17.4. The Hall–Kier alpha value is -3.70. The Morgan fingerprint density at radius 3 is 2.55 bits per heavy atom. The fourth-order valence-corrected chi connectivity index (χ4v) is 4.04. The van der Waals surface area contributed by atoms with Gasteiger partial charge in [0, 0.05) is 21.5 Å². The number of aliphatic imine (C=N–C) groups is 1. The third-order valence-corrected chi connectivity index (χ3v) is 5.56. The number of nitrogens with zero attached hydrogens (tertiary/aromatic N) is 1. The number of hydrogen-bond donors (Lipinski definition) is 2. The van der Waals surface area contributed by atoms with E-state index < -0.39 is 0 Å². The van der Waals surface area contributed by atoms with Crippen molar-refractivity contribution >= 4 is 51.3 Å². The third-order valence-electron chi connectivity index (χ3n) is 4.74. The van der Waals surface area contributed by atoms with Crippen LogP contribution in [0.1, 0.15) is 15.2 Å². The van der Waals surface area contributed by atoms with Gasteiger partial charge in [-0.2, -0.15) is 0 Å². The number of rotatable bonds is 4. The molecule has 1 amide bonds. The number of thiophene rings is 1. The van der Waals surface area contributed by atoms with Crippen molar-refractivity contribution in [1.29, 1.82) is 0 Å². The molecule has 1 aromatic heterocycles. The minimum absolute atomic E-state index is 0.171. The van der Waals surface area contributed by atoms with Crippen molar-refractivity contribution in [1.82, 2.24) is 5.32 Å². The van der Waals surface area contributed by atoms with Crippen LogP contribution in [-0.2, 0) is 0 Å². The van der Waals surface area contributed by atoms with E-state index in [4.69, 9.17) is 4.99 Å². The third kappa shape index (κ3) is 3.44. The van der Waals surface area contributed by atoms with E-state index in [2.05, 4.69) is 22.8 Å². The predicted molar refractivity (Wildman–Crippen MR) is 121 cm³/mol. The summed E-state index contributed by atoms with van der Waals surface area (Å²) >= 11 is 1.61. The van der Waals surface area contributed by atoms with E-state index in [-0.39, 0.29) is 5.91 Å². The van der Waals surface area contributed by atoms with Gasteiger partial charge in [0.05, 0.1) is 11.4 Å². The van der Waals surface area contributed by atoms with Crippen molar-refractivity contribution in [3.8, 4) is 0 Å². The molecule has 5 heteroatoms. The molecule has 5 rings (SSSR count). The maximum Gasteiger partial charge on any atom is 0.255 e. The molecule has 0 saturated carbocycles. The fourth-order valence-electron chi connectivity index (χ4n) is 3.39. The van der Waals surface area contributed by atoms with Crippen molar-refractivity contribution < 1.29 is 4.79 Å². The minimum Gasteiger partial charge on any atom is -0.338 e. The Kier molecular flexibility index (Phi) is 4.42. The van der Waals surface area contributed by atoms with Crippen molar-refractivity contribution in [2.75, 3.05) is 5.32 Å². The lowest BCUT2D eigenvalue weighted by Gasteiger charge is -2.21. The fraction of sp³-hybridized carbons (Fsp3) is 0. The molecule has 0 atom stereocenters. The van der Waals surface area contributed by atoms with Crippen LogP contribution in [0.4, 0.5) is 11.4 Å². The molecule has 0 aliphatic carbocycles. The summed E-state index contributed by atoms with van der Waals surface area (Å²) < 4.78 is 0. The molecular weight excluding hydrogens is 378 g/mol. The summed E-state index contributed by atoms with van der Waals surface area (Å²) in [6.45, 7) is 0. The van der Waals surface area contributed by atoms with Crippen LogP contribution in [0.3, 0.4) is 0 Å². The highest BCUT2D eigenvalue weighted by Gasteiger charge is 2.19. The smallest absolute Gasteiger partial charge is 0.255 e. The summed E-state index contributed by atoms with van der Waals surface area (Å²) in [5, 5.41) is 10.7. The first-order valence-electron chi connectivity index (χ1n) is 9.27. The van der Waals surface area contributed by atoms with Crippen LogP contribution in [0.15, 0.2) is 94.9 Å². The minimum atomic E-state index is -0.171. The molecule has 0 bridgehead atoms. The second kappa shape index (κ2) is 7.37. The van der Waals surface area contributed by atoms with Gasteiger partial charge in [-0.05, 0) is 47.2 Å². The standard InChI is InChI=1S/C24H17N3OS/c28-24(17-7-2-1-3-8-17)27-21(15-18-11-6-14-29-18)23-25-19-12-4-9-16-10-5-13-20(26-23)22(16)19/h1-15H,(H,25,26)(H,27,28)/b21-15-. The van der Waals surface area contributed by atoms with E-state index >= 15 is 0 Å². The van der Waals surface area contributed by atoms with Crippen LogP contribution in [0.5, 0.6) is 0 Å². The van der Waals surface area contributed by atoms with Crippen molar-refractivity contribution in [2.45, 2.75) is 0 Å². The quantitative estimate of drug-likeness (QED) is 0.457. The van der Waals surface area contributed by atoms with Crippen LogP contribution in [0.25, 0.3) is 16.8 Å². The molecule has 29 heavy (non-hydrogen) atoms. The second-order valence-corrected chi connectivity index (χ2v) is 7.64. The molecule has 0 saturated heterocycles. The SMILES string of the molecule is O=C(N/C(=C\c1cccs1)C1=Nc2cccc3cccc(c23)N1)c1ccccc1. The first-order valence-corrected chi connectivity index (χ1v) is 10.2. The van der Waals surface area contributed by atoms with E-state index in [1.165, 1.54) is 0 Å². The zero-order chi connectivity index (χ0) is 19.6. The van der Waals surface area contributed by atoms with Gasteiger partial charge in [0.25, 0.3) is 5.91 Å². The van der Waals surface area contributed by atoms with Crippen LogP contribution in [0.2, 0.25) is 0 Å². The van der Waals surface area contributed by atoms with Crippen LogP contribution >= 0.6 is 11.3 Å². The van der Waals surface area contributed by atoms with Gasteiger partial charge in [-0.15, -0.1) is 11.3 Å². The summed E-state index contributed by atoms with van der Waals surface area (Å²) in [6.07, 6.45) is 1.95. The van der Waals surface area contributed by atoms with Crippen molar-refractivity contribution in [3.63, 3.8) is 0 Å². The van der Waals surface area contributed by atoms with Gasteiger partial charge < -0.3 is 10.6 Å². The van der Waals surface area contributed by atoms with E-state index in [9.17, 15) is 4.79 Å². The molecule has 3 aromatic carbocycles. The number of amidine groups is 1. The van der Waals surface area contributed by atoms with Gasteiger partial charge in [-0.1, -0.05) is 48.5 Å². The normalized spacial score (nSPS) is 13.0. The van der Waals surface area contributed by atoms with E-state index in [0.717, 1.165) is 27.0 Å². The van der Waals surface area contributed by atoms with Crippen LogP contribution in [-0.4, -0.2) is 11.7 Å². The van der Waals surface area contributed by atoms with Gasteiger partial charge in [0.2, 0.25) is 0 Å². The van der Waals surface area contributed by atoms with E-state index in [1.54, 1.807) is 23.5 Å². The van der Waals surface area contributed by atoms with Gasteiger partial charge in [-0.3, -0.25) is 4.79 Å². The maximum atomic E-state index is 12.8. The summed E-state index contributed by atoms with van der Waals surface area (Å²) in [5.41, 5.74) is 3.10. The van der Waals surface area contributed by atoms with Gasteiger partial charge in [-0.25, -0.2) is 4.99 Å². The monoisotopic (exact) mass is 395 g/mol. The highest BCUT2D eigenvalue weighted by atomic mass is 32.1. The Balaban J connectivity index is 1.58. The molecule has 0 fully saturated rings. The molecule has 1 aliphatic heterocycles. The molecule has 0 radical (unpaired) electrons. The summed E-state index contributed by atoms with van der Waals surface area (Å²) in [4.78, 5) is 18.7. The highest BCUT2D eigenvalue weighted by molar-refractivity contribution is 7.10. The molecule has 2 N–H and O–H groups in total. The molecule has 0 spiro atoms. The summed E-state index contributed by atoms with van der Waals surface area (Å²) in [7, 11) is 0. The first-order chi connectivity index (χ1) is 14.3. The lowest BCUT2D eigenvalue weighted by atomic mass is 10.0. The average Bonchev–Trinajstić information content (AvgIpc) is 3.27. The van der Waals surface area contributed by atoms with E-state index in [1.807, 2.05) is 66.1 Å². The van der Waals surface area contributed by atoms with Gasteiger partial charge >= 0.3 is 0 Å². The molecule has 4 aromatic rings. The van der Waals surface area contributed by atoms with Gasteiger partial charge in [0.1, 0.15) is 0 Å². The number of nitrogens with one attached hydrogen (secondary N) is 2.